The van der Waals surface area contributed by atoms with E-state index < -0.39 is 18.6 Å². The smallest absolute Gasteiger partial charge is 0.291 e. The normalized spacial score (nSPS) is 10.5. The molecule has 0 aliphatic carbocycles. The van der Waals surface area contributed by atoms with Gasteiger partial charge in [0.2, 0.25) is 0 Å². The standard InChI is InChI=1S/C14H14AsBr2.HNO3/c1-15(2,11-3-7-13(16)8-4-11)12-5-9-14(17)10-6-12;2-1(3)4/h3-10H,1-2H3;(H,2,3,4)/q+1;. The van der Waals surface area contributed by atoms with Crippen LogP contribution in [-0.4, -0.2) is 23.8 Å². The van der Waals surface area contributed by atoms with E-state index >= 15 is 0 Å². The largest absolute Gasteiger partial charge is 0.328 e. The van der Waals surface area contributed by atoms with E-state index in [4.69, 9.17) is 15.3 Å². The molecule has 112 valence electrons. The Kier molecular flexibility index (Phi) is 6.91. The van der Waals surface area contributed by atoms with Gasteiger partial charge in [-0.15, -0.1) is 10.1 Å². The fraction of sp³-hybridized carbons (Fsp3) is 0.143. The minimum Gasteiger partial charge on any atom is -0.328 e. The Labute approximate surface area is 143 Å². The Balaban J connectivity index is 0.000000491. The van der Waals surface area contributed by atoms with Gasteiger partial charge in [0.1, 0.15) is 0 Å². The second kappa shape index (κ2) is 7.97. The molecule has 2 aromatic rings. The van der Waals surface area contributed by atoms with E-state index in [9.17, 15) is 0 Å². The van der Waals surface area contributed by atoms with Crippen molar-refractivity contribution in [3.63, 3.8) is 0 Å². The molecule has 0 aliphatic heterocycles. The summed E-state index contributed by atoms with van der Waals surface area (Å²) in [7, 11) is 0. The molecule has 0 amide bonds. The maximum absolute atomic E-state index is 8.36. The van der Waals surface area contributed by atoms with Crippen molar-refractivity contribution in [2.75, 3.05) is 0 Å². The van der Waals surface area contributed by atoms with Crippen LogP contribution >= 0.6 is 31.9 Å². The first-order valence-electron chi connectivity index (χ1n) is 5.93. The summed E-state index contributed by atoms with van der Waals surface area (Å²) in [6.07, 6.45) is 0. The molecular weight excluding hydrogens is 465 g/mol. The van der Waals surface area contributed by atoms with Gasteiger partial charge in [-0.3, -0.25) is 0 Å². The summed E-state index contributed by atoms with van der Waals surface area (Å²) in [6, 6.07) is 17.5. The average Bonchev–Trinajstić information content (AvgIpc) is 2.39. The van der Waals surface area contributed by atoms with Crippen LogP contribution in [0.25, 0.3) is 0 Å². The Morgan fingerprint density at radius 3 is 1.38 bits per heavy atom. The molecule has 0 bridgehead atoms. The second-order valence-corrected chi connectivity index (χ2v) is 14.7. The number of halogens is 2. The Morgan fingerprint density at radius 1 is 0.905 bits per heavy atom. The third kappa shape index (κ3) is 5.81. The molecule has 0 aromatic heterocycles. The first kappa shape index (κ1) is 18.2. The van der Waals surface area contributed by atoms with Crippen LogP contribution in [0.4, 0.5) is 0 Å². The van der Waals surface area contributed by atoms with E-state index in [0.29, 0.717) is 0 Å². The van der Waals surface area contributed by atoms with Gasteiger partial charge in [0.05, 0.1) is 0 Å². The first-order chi connectivity index (χ1) is 9.73. The molecule has 0 fully saturated rings. The van der Waals surface area contributed by atoms with Crippen molar-refractivity contribution in [2.24, 2.45) is 0 Å². The van der Waals surface area contributed by atoms with Gasteiger partial charge in [-0.2, -0.15) is 0 Å². The summed E-state index contributed by atoms with van der Waals surface area (Å²) in [5.74, 6) is 0. The molecule has 2 rings (SSSR count). The number of hydrogen-bond donors (Lipinski definition) is 1. The minimum atomic E-state index is -1.92. The van der Waals surface area contributed by atoms with E-state index in [2.05, 4.69) is 91.8 Å². The molecule has 0 radical (unpaired) electrons. The van der Waals surface area contributed by atoms with Gasteiger partial charge >= 0.3 is 123 Å². The Hall–Kier alpha value is -0.842. The van der Waals surface area contributed by atoms with Gasteiger partial charge in [-0.1, -0.05) is 0 Å². The Morgan fingerprint density at radius 2 is 1.14 bits per heavy atom. The molecular formula is C14H15AsBr2NO3+. The third-order valence-corrected chi connectivity index (χ3v) is 10.7. The van der Waals surface area contributed by atoms with E-state index in [1.807, 2.05) is 0 Å². The summed E-state index contributed by atoms with van der Waals surface area (Å²) in [4.78, 5) is 8.36. The Bertz CT molecular complexity index is 549. The predicted octanol–water partition coefficient (Wildman–Crippen LogP) is 3.69. The average molecular weight is 480 g/mol. The second-order valence-electron chi connectivity index (χ2n) is 4.64. The van der Waals surface area contributed by atoms with Crippen molar-refractivity contribution in [1.82, 2.24) is 0 Å². The fourth-order valence-corrected chi connectivity index (χ4v) is 6.68. The zero-order valence-electron chi connectivity index (χ0n) is 11.5. The maximum atomic E-state index is 8.36. The van der Waals surface area contributed by atoms with Crippen LogP contribution in [0.5, 0.6) is 0 Å². The van der Waals surface area contributed by atoms with E-state index in [0.717, 1.165) is 8.95 Å². The van der Waals surface area contributed by atoms with E-state index in [1.54, 1.807) is 0 Å². The monoisotopic (exact) mass is 478 g/mol. The summed E-state index contributed by atoms with van der Waals surface area (Å²) >= 11 is 5.07. The number of hydrogen-bond acceptors (Lipinski definition) is 2. The van der Waals surface area contributed by atoms with Crippen LogP contribution in [0.15, 0.2) is 57.5 Å². The summed E-state index contributed by atoms with van der Waals surface area (Å²) in [5.41, 5.74) is 4.84. The summed E-state index contributed by atoms with van der Waals surface area (Å²) in [6.45, 7) is 0. The van der Waals surface area contributed by atoms with Crippen molar-refractivity contribution >= 4 is 54.1 Å². The van der Waals surface area contributed by atoms with Crippen molar-refractivity contribution < 1.29 is 10.3 Å². The minimum absolute atomic E-state index is 1.15. The van der Waals surface area contributed by atoms with Crippen LogP contribution in [-0.2, 0) is 0 Å². The van der Waals surface area contributed by atoms with Gasteiger partial charge < -0.3 is 5.21 Å². The number of rotatable bonds is 2. The van der Waals surface area contributed by atoms with Crippen molar-refractivity contribution in [3.05, 3.63) is 67.6 Å². The van der Waals surface area contributed by atoms with Gasteiger partial charge in [0.15, 0.2) is 0 Å². The van der Waals surface area contributed by atoms with Crippen molar-refractivity contribution in [2.45, 2.75) is 11.4 Å². The SMILES string of the molecule is C[As+](C)(c1ccc(Br)cc1)c1ccc(Br)cc1.O=[N+]([O-])O. The predicted molar refractivity (Wildman–Crippen MR) is 93.8 cm³/mol. The van der Waals surface area contributed by atoms with Crippen LogP contribution < -0.4 is 8.70 Å². The van der Waals surface area contributed by atoms with Gasteiger partial charge in [-0.25, -0.2) is 0 Å². The molecule has 0 heterocycles. The van der Waals surface area contributed by atoms with Crippen LogP contribution in [0.3, 0.4) is 0 Å². The zero-order chi connectivity index (χ0) is 16.0. The molecule has 2 aromatic carbocycles. The number of nitrogens with zero attached hydrogens (tertiary/aromatic N) is 1. The van der Waals surface area contributed by atoms with Crippen LogP contribution in [0.1, 0.15) is 0 Å². The summed E-state index contributed by atoms with van der Waals surface area (Å²) < 4.78 is 5.28. The molecule has 7 heteroatoms. The molecule has 0 spiro atoms. The zero-order valence-corrected chi connectivity index (χ0v) is 16.6. The molecule has 0 atom stereocenters. The molecule has 0 aliphatic rings. The summed E-state index contributed by atoms with van der Waals surface area (Å²) in [5, 5.41) is 13.6. The topological polar surface area (TPSA) is 63.4 Å². The molecule has 1 N–H and O–H groups in total. The van der Waals surface area contributed by atoms with Crippen LogP contribution in [0.2, 0.25) is 11.4 Å². The number of benzene rings is 2. The maximum Gasteiger partial charge on any atom is 0.291 e. The van der Waals surface area contributed by atoms with E-state index in [1.165, 1.54) is 8.70 Å². The third-order valence-electron chi connectivity index (χ3n) is 2.94. The van der Waals surface area contributed by atoms with Gasteiger partial charge in [-0.05, 0) is 0 Å². The van der Waals surface area contributed by atoms with Gasteiger partial charge in [0.25, 0.3) is 5.09 Å². The van der Waals surface area contributed by atoms with Crippen LogP contribution in [0, 0.1) is 10.1 Å². The van der Waals surface area contributed by atoms with Crippen molar-refractivity contribution in [1.29, 1.82) is 0 Å². The quantitative estimate of drug-likeness (QED) is 0.406. The molecule has 0 saturated carbocycles. The van der Waals surface area contributed by atoms with Gasteiger partial charge in [0, 0.05) is 0 Å². The molecule has 0 saturated heterocycles. The molecule has 0 unspecified atom stereocenters. The van der Waals surface area contributed by atoms with E-state index in [-0.39, 0.29) is 0 Å². The molecule has 4 nitrogen and oxygen atoms in total. The van der Waals surface area contributed by atoms with Crippen molar-refractivity contribution in [3.8, 4) is 0 Å². The molecule has 21 heavy (non-hydrogen) atoms. The fourth-order valence-electron chi connectivity index (χ4n) is 1.78. The first-order valence-corrected chi connectivity index (χ1v) is 13.1.